The molecule has 0 spiro atoms. The maximum atomic E-state index is 13.1. The largest absolute Gasteiger partial charge is 0.488 e. The molecule has 6 aromatic rings. The van der Waals surface area contributed by atoms with Crippen LogP contribution in [0, 0.1) is 0 Å². The van der Waals surface area contributed by atoms with Crippen LogP contribution >= 0.6 is 11.3 Å². The van der Waals surface area contributed by atoms with Gasteiger partial charge in [0, 0.05) is 5.56 Å². The summed E-state index contributed by atoms with van der Waals surface area (Å²) in [6.45, 7) is 0.453. The van der Waals surface area contributed by atoms with E-state index >= 15 is 0 Å². The third-order valence-electron chi connectivity index (χ3n) is 5.61. The van der Waals surface area contributed by atoms with Crippen molar-refractivity contribution in [2.75, 3.05) is 0 Å². The standard InChI is InChI=1S/C27H18N2O2S/c30-26-25(32-27-28-22-13-4-5-14-23(22)29(26)27)16-19-9-2-6-15-24(19)31-17-20-11-7-10-18-8-1-3-12-21(18)20/h1-16H,17H2/b25-16+. The first-order chi connectivity index (χ1) is 15.8. The van der Waals surface area contributed by atoms with Crippen molar-refractivity contribution in [1.82, 2.24) is 9.38 Å². The second kappa shape index (κ2) is 7.62. The molecule has 0 N–H and O–H groups in total. The summed E-state index contributed by atoms with van der Waals surface area (Å²) in [6.07, 6.45) is 1.90. The first-order valence-corrected chi connectivity index (χ1v) is 11.2. The van der Waals surface area contributed by atoms with Gasteiger partial charge in [-0.1, -0.05) is 84.1 Å². The van der Waals surface area contributed by atoms with E-state index in [0.717, 1.165) is 27.9 Å². The predicted octanol–water partition coefficient (Wildman–Crippen LogP) is 5.19. The minimum absolute atomic E-state index is 0.0532. The number of thiazole rings is 1. The predicted molar refractivity (Wildman–Crippen MR) is 130 cm³/mol. The summed E-state index contributed by atoms with van der Waals surface area (Å²) in [7, 11) is 0. The molecule has 4 aromatic carbocycles. The monoisotopic (exact) mass is 434 g/mol. The Kier molecular flexibility index (Phi) is 4.47. The molecule has 0 saturated carbocycles. The summed E-state index contributed by atoms with van der Waals surface area (Å²) in [6, 6.07) is 30.1. The second-order valence-corrected chi connectivity index (χ2v) is 8.61. The zero-order valence-corrected chi connectivity index (χ0v) is 17.9. The number of rotatable bonds is 4. The van der Waals surface area contributed by atoms with Gasteiger partial charge < -0.3 is 4.74 Å². The van der Waals surface area contributed by atoms with Gasteiger partial charge in [0.05, 0.1) is 15.6 Å². The number of hydrogen-bond donors (Lipinski definition) is 0. The minimum Gasteiger partial charge on any atom is -0.488 e. The SMILES string of the molecule is O=c1/c(=C\c2ccccc2OCc2cccc3ccccc23)sc2nc3ccccc3n12. The Morgan fingerprint density at radius 2 is 1.66 bits per heavy atom. The number of nitrogens with zero attached hydrogens (tertiary/aromatic N) is 2. The molecule has 0 unspecified atom stereocenters. The lowest BCUT2D eigenvalue weighted by Crippen LogP contribution is -2.22. The van der Waals surface area contributed by atoms with Crippen molar-refractivity contribution in [2.24, 2.45) is 0 Å². The van der Waals surface area contributed by atoms with Gasteiger partial charge in [0.1, 0.15) is 12.4 Å². The third kappa shape index (κ3) is 3.15. The van der Waals surface area contributed by atoms with Crippen LogP contribution in [0.5, 0.6) is 5.75 Å². The molecule has 4 nitrogen and oxygen atoms in total. The molecular weight excluding hydrogens is 416 g/mol. The molecule has 5 heteroatoms. The van der Waals surface area contributed by atoms with E-state index in [9.17, 15) is 4.79 Å². The van der Waals surface area contributed by atoms with Gasteiger partial charge in [-0.3, -0.25) is 4.79 Å². The van der Waals surface area contributed by atoms with Crippen LogP contribution in [-0.4, -0.2) is 9.38 Å². The highest BCUT2D eigenvalue weighted by atomic mass is 32.1. The fourth-order valence-corrected chi connectivity index (χ4v) is 5.04. The number of fused-ring (bicyclic) bond motifs is 4. The Balaban J connectivity index is 1.39. The van der Waals surface area contributed by atoms with E-state index in [0.29, 0.717) is 16.1 Å². The maximum Gasteiger partial charge on any atom is 0.274 e. The van der Waals surface area contributed by atoms with Crippen LogP contribution in [0.3, 0.4) is 0 Å². The molecule has 0 atom stereocenters. The van der Waals surface area contributed by atoms with Crippen LogP contribution in [0.25, 0.3) is 32.8 Å². The normalized spacial score (nSPS) is 12.2. The van der Waals surface area contributed by atoms with E-state index in [4.69, 9.17) is 4.74 Å². The molecule has 32 heavy (non-hydrogen) atoms. The zero-order valence-electron chi connectivity index (χ0n) is 17.1. The highest BCUT2D eigenvalue weighted by Crippen LogP contribution is 2.24. The van der Waals surface area contributed by atoms with Gasteiger partial charge in [-0.2, -0.15) is 0 Å². The zero-order chi connectivity index (χ0) is 21.5. The topological polar surface area (TPSA) is 43.6 Å². The Hall–Kier alpha value is -3.96. The van der Waals surface area contributed by atoms with Crippen molar-refractivity contribution < 1.29 is 4.74 Å². The summed E-state index contributed by atoms with van der Waals surface area (Å²) in [4.78, 5) is 18.4. The summed E-state index contributed by atoms with van der Waals surface area (Å²) < 4.78 is 8.54. The maximum absolute atomic E-state index is 13.1. The summed E-state index contributed by atoms with van der Waals surface area (Å²) in [5.74, 6) is 0.746. The lowest BCUT2D eigenvalue weighted by Gasteiger charge is -2.11. The summed E-state index contributed by atoms with van der Waals surface area (Å²) >= 11 is 1.40. The van der Waals surface area contributed by atoms with Gasteiger partial charge in [0.25, 0.3) is 5.56 Å². The molecule has 0 bridgehead atoms. The van der Waals surface area contributed by atoms with Crippen LogP contribution in [0.15, 0.2) is 95.8 Å². The molecule has 0 amide bonds. The summed E-state index contributed by atoms with van der Waals surface area (Å²) in [5, 5.41) is 2.38. The van der Waals surface area contributed by atoms with Crippen LogP contribution in [-0.2, 0) is 6.61 Å². The molecule has 0 saturated heterocycles. The fraction of sp³-hybridized carbons (Fsp3) is 0.0370. The molecule has 0 aliphatic rings. The fourth-order valence-electron chi connectivity index (χ4n) is 4.06. The van der Waals surface area contributed by atoms with E-state index in [1.54, 1.807) is 4.40 Å². The number of hydrogen-bond acceptors (Lipinski definition) is 4. The van der Waals surface area contributed by atoms with Crippen molar-refractivity contribution in [3.05, 3.63) is 117 Å². The molecule has 6 rings (SSSR count). The van der Waals surface area contributed by atoms with Gasteiger partial charge in [0.15, 0.2) is 4.96 Å². The van der Waals surface area contributed by atoms with Crippen molar-refractivity contribution in [3.63, 3.8) is 0 Å². The van der Waals surface area contributed by atoms with Gasteiger partial charge in [0.2, 0.25) is 0 Å². The van der Waals surface area contributed by atoms with E-state index in [-0.39, 0.29) is 5.56 Å². The van der Waals surface area contributed by atoms with Gasteiger partial charge >= 0.3 is 0 Å². The smallest absolute Gasteiger partial charge is 0.274 e. The van der Waals surface area contributed by atoms with E-state index in [2.05, 4.69) is 35.3 Å². The van der Waals surface area contributed by atoms with Gasteiger partial charge in [-0.25, -0.2) is 9.38 Å². The molecule has 0 radical (unpaired) electrons. The molecule has 0 aliphatic heterocycles. The first-order valence-electron chi connectivity index (χ1n) is 10.4. The Labute approximate surface area is 187 Å². The number of para-hydroxylation sites is 3. The molecule has 2 heterocycles. The van der Waals surface area contributed by atoms with Crippen molar-refractivity contribution >= 4 is 44.2 Å². The van der Waals surface area contributed by atoms with Crippen LogP contribution in [0.2, 0.25) is 0 Å². The Morgan fingerprint density at radius 1 is 0.875 bits per heavy atom. The third-order valence-corrected chi connectivity index (χ3v) is 6.58. The summed E-state index contributed by atoms with van der Waals surface area (Å²) in [5.41, 5.74) is 3.62. The van der Waals surface area contributed by atoms with E-state index < -0.39 is 0 Å². The quantitative estimate of drug-likeness (QED) is 0.384. The lowest BCUT2D eigenvalue weighted by atomic mass is 10.1. The highest BCUT2D eigenvalue weighted by Gasteiger charge is 2.11. The van der Waals surface area contributed by atoms with Crippen molar-refractivity contribution in [2.45, 2.75) is 6.61 Å². The lowest BCUT2D eigenvalue weighted by molar-refractivity contribution is 0.307. The van der Waals surface area contributed by atoms with Crippen LogP contribution in [0.1, 0.15) is 11.1 Å². The van der Waals surface area contributed by atoms with Crippen molar-refractivity contribution in [1.29, 1.82) is 0 Å². The molecule has 0 fully saturated rings. The Morgan fingerprint density at radius 3 is 2.62 bits per heavy atom. The Bertz CT molecular complexity index is 1710. The van der Waals surface area contributed by atoms with Gasteiger partial charge in [-0.15, -0.1) is 0 Å². The molecular formula is C27H18N2O2S. The molecule has 2 aromatic heterocycles. The average molecular weight is 435 g/mol. The minimum atomic E-state index is -0.0532. The first kappa shape index (κ1) is 18.8. The van der Waals surface area contributed by atoms with Gasteiger partial charge in [-0.05, 0) is 40.6 Å². The number of imidazole rings is 1. The number of aromatic nitrogens is 2. The van der Waals surface area contributed by atoms with E-state index in [1.807, 2.05) is 66.7 Å². The van der Waals surface area contributed by atoms with Crippen LogP contribution < -0.4 is 14.8 Å². The van der Waals surface area contributed by atoms with Crippen molar-refractivity contribution in [3.8, 4) is 5.75 Å². The number of ether oxygens (including phenoxy) is 1. The molecule has 154 valence electrons. The van der Waals surface area contributed by atoms with E-state index in [1.165, 1.54) is 22.1 Å². The average Bonchev–Trinajstić information content (AvgIpc) is 3.34. The molecule has 0 aliphatic carbocycles. The van der Waals surface area contributed by atoms with Crippen LogP contribution in [0.4, 0.5) is 0 Å². The number of benzene rings is 4. The second-order valence-electron chi connectivity index (χ2n) is 7.60. The highest BCUT2D eigenvalue weighted by molar-refractivity contribution is 7.15.